The Hall–Kier alpha value is -0.900. The molecule has 118 valence electrons. The molecule has 1 fully saturated rings. The van der Waals surface area contributed by atoms with Crippen molar-refractivity contribution >= 4 is 0 Å². The summed E-state index contributed by atoms with van der Waals surface area (Å²) in [4.78, 5) is 2.51. The number of morpholine rings is 1. The van der Waals surface area contributed by atoms with E-state index in [2.05, 4.69) is 55.3 Å². The molecule has 1 aliphatic heterocycles. The Morgan fingerprint density at radius 2 is 1.71 bits per heavy atom. The second kappa shape index (κ2) is 8.52. The molecule has 1 atom stereocenters. The van der Waals surface area contributed by atoms with Crippen LogP contribution in [0.2, 0.25) is 0 Å². The van der Waals surface area contributed by atoms with Crippen LogP contribution in [0.4, 0.5) is 0 Å². The summed E-state index contributed by atoms with van der Waals surface area (Å²) in [6.45, 7) is 12.7. The Kier molecular flexibility index (Phi) is 6.68. The van der Waals surface area contributed by atoms with E-state index in [0.29, 0.717) is 12.0 Å². The Morgan fingerprint density at radius 1 is 1.10 bits per heavy atom. The van der Waals surface area contributed by atoms with E-state index in [0.717, 1.165) is 39.4 Å². The van der Waals surface area contributed by atoms with Crippen LogP contribution < -0.4 is 5.32 Å². The molecule has 0 aromatic heterocycles. The maximum Gasteiger partial charge on any atom is 0.0594 e. The van der Waals surface area contributed by atoms with Gasteiger partial charge in [0.15, 0.2) is 0 Å². The van der Waals surface area contributed by atoms with Crippen molar-refractivity contribution < 1.29 is 4.74 Å². The first-order chi connectivity index (χ1) is 10.2. The molecular formula is C18H30N2O. The van der Waals surface area contributed by atoms with E-state index in [-0.39, 0.29) is 0 Å². The lowest BCUT2D eigenvalue weighted by molar-refractivity contribution is 0.0334. The highest BCUT2D eigenvalue weighted by atomic mass is 16.5. The van der Waals surface area contributed by atoms with Crippen LogP contribution in [0.5, 0.6) is 0 Å². The summed E-state index contributed by atoms with van der Waals surface area (Å²) in [7, 11) is 0. The van der Waals surface area contributed by atoms with Gasteiger partial charge in [-0.05, 0) is 30.0 Å². The third kappa shape index (κ3) is 5.10. The molecule has 0 saturated carbocycles. The number of rotatable bonds is 7. The lowest BCUT2D eigenvalue weighted by Gasteiger charge is -2.31. The van der Waals surface area contributed by atoms with Crippen molar-refractivity contribution in [1.82, 2.24) is 10.2 Å². The summed E-state index contributed by atoms with van der Waals surface area (Å²) in [5.41, 5.74) is 2.82. The minimum Gasteiger partial charge on any atom is -0.379 e. The van der Waals surface area contributed by atoms with Gasteiger partial charge < -0.3 is 10.1 Å². The Labute approximate surface area is 129 Å². The first-order valence-electron chi connectivity index (χ1n) is 8.34. The molecule has 0 radical (unpaired) electrons. The SMILES string of the molecule is CCCNC(CN1CCOCC1)c1ccc(C(C)C)cc1. The molecule has 1 unspecified atom stereocenters. The highest BCUT2D eigenvalue weighted by Crippen LogP contribution is 2.20. The molecule has 0 bridgehead atoms. The average Bonchev–Trinajstić information content (AvgIpc) is 2.52. The fraction of sp³-hybridized carbons (Fsp3) is 0.667. The maximum absolute atomic E-state index is 5.45. The molecule has 1 saturated heterocycles. The molecule has 1 aliphatic rings. The molecule has 3 heteroatoms. The van der Waals surface area contributed by atoms with Gasteiger partial charge in [0.25, 0.3) is 0 Å². The average molecular weight is 290 g/mol. The van der Waals surface area contributed by atoms with E-state index in [1.54, 1.807) is 0 Å². The first kappa shape index (κ1) is 16.5. The molecular weight excluding hydrogens is 260 g/mol. The summed E-state index contributed by atoms with van der Waals surface area (Å²) >= 11 is 0. The van der Waals surface area contributed by atoms with E-state index < -0.39 is 0 Å². The van der Waals surface area contributed by atoms with Crippen LogP contribution in [0.25, 0.3) is 0 Å². The first-order valence-corrected chi connectivity index (χ1v) is 8.34. The molecule has 1 aromatic carbocycles. The number of hydrogen-bond donors (Lipinski definition) is 1. The number of ether oxygens (including phenoxy) is 1. The summed E-state index contributed by atoms with van der Waals surface area (Å²) in [6.07, 6.45) is 1.17. The summed E-state index contributed by atoms with van der Waals surface area (Å²) in [5.74, 6) is 0.598. The maximum atomic E-state index is 5.45. The zero-order valence-electron chi connectivity index (χ0n) is 13.8. The van der Waals surface area contributed by atoms with E-state index in [1.807, 2.05) is 0 Å². The van der Waals surface area contributed by atoms with Gasteiger partial charge >= 0.3 is 0 Å². The highest BCUT2D eigenvalue weighted by Gasteiger charge is 2.17. The summed E-state index contributed by atoms with van der Waals surface area (Å²) < 4.78 is 5.45. The Balaban J connectivity index is 2.02. The highest BCUT2D eigenvalue weighted by molar-refractivity contribution is 5.27. The molecule has 0 aliphatic carbocycles. The van der Waals surface area contributed by atoms with Crippen molar-refractivity contribution in [3.05, 3.63) is 35.4 Å². The Bertz CT molecular complexity index is 396. The van der Waals surface area contributed by atoms with Crippen molar-refractivity contribution in [2.24, 2.45) is 0 Å². The molecule has 0 amide bonds. The zero-order chi connectivity index (χ0) is 15.1. The lowest BCUT2D eigenvalue weighted by Crippen LogP contribution is -2.42. The predicted octanol–water partition coefficient (Wildman–Crippen LogP) is 3.18. The second-order valence-corrected chi connectivity index (χ2v) is 6.24. The number of nitrogens with one attached hydrogen (secondary N) is 1. The standard InChI is InChI=1S/C18H30N2O/c1-4-9-19-18(14-20-10-12-21-13-11-20)17-7-5-16(6-8-17)15(2)3/h5-8,15,18-19H,4,9-14H2,1-3H3. The van der Waals surface area contributed by atoms with Gasteiger partial charge in [-0.25, -0.2) is 0 Å². The van der Waals surface area contributed by atoms with Gasteiger partial charge in [-0.2, -0.15) is 0 Å². The zero-order valence-corrected chi connectivity index (χ0v) is 13.8. The van der Waals surface area contributed by atoms with Crippen molar-refractivity contribution in [2.45, 2.75) is 39.2 Å². The largest absolute Gasteiger partial charge is 0.379 e. The van der Waals surface area contributed by atoms with E-state index in [4.69, 9.17) is 4.74 Å². The smallest absolute Gasteiger partial charge is 0.0594 e. The fourth-order valence-electron chi connectivity index (χ4n) is 2.76. The number of benzene rings is 1. The van der Waals surface area contributed by atoms with E-state index >= 15 is 0 Å². The van der Waals surface area contributed by atoms with Gasteiger partial charge in [0, 0.05) is 25.7 Å². The van der Waals surface area contributed by atoms with Crippen LogP contribution in [0.15, 0.2) is 24.3 Å². The monoisotopic (exact) mass is 290 g/mol. The third-order valence-corrected chi connectivity index (χ3v) is 4.19. The van der Waals surface area contributed by atoms with Crippen molar-refractivity contribution in [3.63, 3.8) is 0 Å². The fourth-order valence-corrected chi connectivity index (χ4v) is 2.76. The lowest BCUT2D eigenvalue weighted by atomic mass is 9.98. The predicted molar refractivity (Wildman–Crippen MR) is 88.8 cm³/mol. The van der Waals surface area contributed by atoms with Crippen LogP contribution in [0.1, 0.15) is 50.3 Å². The van der Waals surface area contributed by atoms with Gasteiger partial charge in [0.2, 0.25) is 0 Å². The molecule has 3 nitrogen and oxygen atoms in total. The molecule has 1 N–H and O–H groups in total. The summed E-state index contributed by atoms with van der Waals surface area (Å²) in [6, 6.07) is 9.57. The molecule has 2 rings (SSSR count). The minimum atomic E-state index is 0.421. The summed E-state index contributed by atoms with van der Waals surface area (Å²) in [5, 5.41) is 3.70. The van der Waals surface area contributed by atoms with Crippen molar-refractivity contribution in [1.29, 1.82) is 0 Å². The quantitative estimate of drug-likeness (QED) is 0.834. The van der Waals surface area contributed by atoms with Crippen LogP contribution in [-0.4, -0.2) is 44.3 Å². The van der Waals surface area contributed by atoms with Crippen LogP contribution >= 0.6 is 0 Å². The van der Waals surface area contributed by atoms with E-state index in [1.165, 1.54) is 17.5 Å². The van der Waals surface area contributed by atoms with Gasteiger partial charge in [0.1, 0.15) is 0 Å². The van der Waals surface area contributed by atoms with Crippen LogP contribution in [0, 0.1) is 0 Å². The Morgan fingerprint density at radius 3 is 2.29 bits per heavy atom. The molecule has 0 spiro atoms. The van der Waals surface area contributed by atoms with Gasteiger partial charge in [-0.1, -0.05) is 45.0 Å². The van der Waals surface area contributed by atoms with Gasteiger partial charge in [0.05, 0.1) is 13.2 Å². The second-order valence-electron chi connectivity index (χ2n) is 6.24. The molecule has 21 heavy (non-hydrogen) atoms. The van der Waals surface area contributed by atoms with Gasteiger partial charge in [-0.3, -0.25) is 4.90 Å². The van der Waals surface area contributed by atoms with Crippen molar-refractivity contribution in [2.75, 3.05) is 39.4 Å². The van der Waals surface area contributed by atoms with Crippen LogP contribution in [-0.2, 0) is 4.74 Å². The molecule has 1 aromatic rings. The van der Waals surface area contributed by atoms with Crippen LogP contribution in [0.3, 0.4) is 0 Å². The van der Waals surface area contributed by atoms with Gasteiger partial charge in [-0.15, -0.1) is 0 Å². The third-order valence-electron chi connectivity index (χ3n) is 4.19. The number of hydrogen-bond acceptors (Lipinski definition) is 3. The van der Waals surface area contributed by atoms with E-state index in [9.17, 15) is 0 Å². The number of nitrogens with zero attached hydrogens (tertiary/aromatic N) is 1. The topological polar surface area (TPSA) is 24.5 Å². The van der Waals surface area contributed by atoms with Crippen molar-refractivity contribution in [3.8, 4) is 0 Å². The minimum absolute atomic E-state index is 0.421. The molecule has 1 heterocycles. The normalized spacial score (nSPS) is 18.1.